The van der Waals surface area contributed by atoms with Crippen molar-refractivity contribution in [1.82, 2.24) is 9.97 Å². The second-order valence-electron chi connectivity index (χ2n) is 5.56. The Morgan fingerprint density at radius 1 is 1.30 bits per heavy atom. The lowest BCUT2D eigenvalue weighted by atomic mass is 10.1. The number of aryl methyl sites for hydroxylation is 1. The molecular weight excluding hydrogens is 294 g/mol. The fourth-order valence-electron chi connectivity index (χ4n) is 2.27. The van der Waals surface area contributed by atoms with Gasteiger partial charge < -0.3 is 14.8 Å². The summed E-state index contributed by atoms with van der Waals surface area (Å²) < 4.78 is 11.1. The van der Waals surface area contributed by atoms with E-state index in [0.717, 1.165) is 31.1 Å². The highest BCUT2D eigenvalue weighted by Crippen LogP contribution is 2.19. The van der Waals surface area contributed by atoms with Gasteiger partial charge in [-0.25, -0.2) is 4.98 Å². The van der Waals surface area contributed by atoms with Gasteiger partial charge in [-0.3, -0.25) is 9.78 Å². The fourth-order valence-corrected chi connectivity index (χ4v) is 2.27. The molecular formula is C17H19N3O3. The number of aromatic nitrogens is 2. The van der Waals surface area contributed by atoms with E-state index in [0.29, 0.717) is 18.2 Å². The lowest BCUT2D eigenvalue weighted by Gasteiger charge is -2.11. The minimum Gasteiger partial charge on any atom is -0.493 e. The van der Waals surface area contributed by atoms with E-state index in [4.69, 9.17) is 9.47 Å². The van der Waals surface area contributed by atoms with Gasteiger partial charge in [-0.15, -0.1) is 0 Å². The van der Waals surface area contributed by atoms with E-state index < -0.39 is 0 Å². The Bertz CT molecular complexity index is 650. The Morgan fingerprint density at radius 3 is 2.78 bits per heavy atom. The van der Waals surface area contributed by atoms with Crippen LogP contribution in [0.1, 0.15) is 22.6 Å². The van der Waals surface area contributed by atoms with Crippen LogP contribution < -0.4 is 10.1 Å². The zero-order chi connectivity index (χ0) is 16.1. The molecule has 1 amide bonds. The van der Waals surface area contributed by atoms with Gasteiger partial charge >= 0.3 is 0 Å². The van der Waals surface area contributed by atoms with E-state index in [9.17, 15) is 4.79 Å². The highest BCUT2D eigenvalue weighted by Gasteiger charge is 2.16. The monoisotopic (exact) mass is 313 g/mol. The lowest BCUT2D eigenvalue weighted by molar-refractivity contribution is 0.102. The van der Waals surface area contributed by atoms with Crippen molar-refractivity contribution in [2.45, 2.75) is 13.3 Å². The zero-order valence-corrected chi connectivity index (χ0v) is 13.0. The van der Waals surface area contributed by atoms with Crippen molar-refractivity contribution >= 4 is 11.6 Å². The normalized spacial score (nSPS) is 17.0. The fraction of sp³-hybridized carbons (Fsp3) is 0.353. The van der Waals surface area contributed by atoms with Gasteiger partial charge in [-0.1, -0.05) is 0 Å². The predicted octanol–water partition coefficient (Wildman–Crippen LogP) is 2.45. The summed E-state index contributed by atoms with van der Waals surface area (Å²) in [5.74, 6) is 0.966. The van der Waals surface area contributed by atoms with Crippen molar-refractivity contribution in [2.75, 3.05) is 25.1 Å². The number of hydrogen-bond donors (Lipinski definition) is 1. The molecule has 2 aromatic rings. The van der Waals surface area contributed by atoms with E-state index >= 15 is 0 Å². The van der Waals surface area contributed by atoms with Crippen molar-refractivity contribution < 1.29 is 14.3 Å². The van der Waals surface area contributed by atoms with Gasteiger partial charge in [0.2, 0.25) is 0 Å². The number of carbonyl (C=O) groups excluding carboxylic acids is 1. The molecule has 1 N–H and O–H groups in total. The number of carbonyl (C=O) groups is 1. The summed E-state index contributed by atoms with van der Waals surface area (Å²) in [7, 11) is 0. The van der Waals surface area contributed by atoms with E-state index in [2.05, 4.69) is 15.3 Å². The highest BCUT2D eigenvalue weighted by molar-refractivity contribution is 6.02. The van der Waals surface area contributed by atoms with Crippen LogP contribution in [-0.4, -0.2) is 35.7 Å². The smallest absolute Gasteiger partial charge is 0.275 e. The molecule has 1 aromatic heterocycles. The van der Waals surface area contributed by atoms with Crippen LogP contribution in [0.5, 0.6) is 5.75 Å². The van der Waals surface area contributed by atoms with Gasteiger partial charge in [0.05, 0.1) is 25.1 Å². The average Bonchev–Trinajstić information content (AvgIpc) is 3.08. The Labute approximate surface area is 134 Å². The Morgan fingerprint density at radius 2 is 2.13 bits per heavy atom. The van der Waals surface area contributed by atoms with Crippen molar-refractivity contribution in [3.05, 3.63) is 48.0 Å². The molecule has 1 aromatic carbocycles. The molecule has 0 aliphatic carbocycles. The highest BCUT2D eigenvalue weighted by atomic mass is 16.5. The van der Waals surface area contributed by atoms with Gasteiger partial charge in [0, 0.05) is 24.4 Å². The number of benzene rings is 1. The van der Waals surface area contributed by atoms with Crippen LogP contribution in [0.15, 0.2) is 36.7 Å². The number of hydrogen-bond acceptors (Lipinski definition) is 5. The Kier molecular flexibility index (Phi) is 4.83. The van der Waals surface area contributed by atoms with Crippen molar-refractivity contribution in [3.8, 4) is 5.75 Å². The lowest BCUT2D eigenvalue weighted by Crippen LogP contribution is -2.14. The third-order valence-electron chi connectivity index (χ3n) is 3.64. The molecule has 6 nitrogen and oxygen atoms in total. The molecule has 3 rings (SSSR count). The molecule has 1 aliphatic rings. The first-order valence-corrected chi connectivity index (χ1v) is 7.61. The Hall–Kier alpha value is -2.47. The number of ether oxygens (including phenoxy) is 2. The number of rotatable bonds is 5. The minimum absolute atomic E-state index is 0.283. The standard InChI is InChI=1S/C17H19N3O3/c1-12-8-19-16(9-18-12)17(21)20-14-2-4-15(5-3-14)23-11-13-6-7-22-10-13/h2-5,8-9,13H,6-7,10-11H2,1H3,(H,20,21). The van der Waals surface area contributed by atoms with Crippen LogP contribution in [0.3, 0.4) is 0 Å². The third kappa shape index (κ3) is 4.26. The summed E-state index contributed by atoms with van der Waals surface area (Å²) in [5.41, 5.74) is 1.75. The maximum atomic E-state index is 12.1. The predicted molar refractivity (Wildman–Crippen MR) is 85.6 cm³/mol. The molecule has 1 saturated heterocycles. The first-order chi connectivity index (χ1) is 11.2. The third-order valence-corrected chi connectivity index (χ3v) is 3.64. The van der Waals surface area contributed by atoms with Crippen LogP contribution in [0.4, 0.5) is 5.69 Å². The second kappa shape index (κ2) is 7.19. The number of amides is 1. The van der Waals surface area contributed by atoms with E-state index in [1.807, 2.05) is 19.1 Å². The molecule has 23 heavy (non-hydrogen) atoms. The van der Waals surface area contributed by atoms with Crippen LogP contribution in [0, 0.1) is 12.8 Å². The number of nitrogens with zero attached hydrogens (tertiary/aromatic N) is 2. The topological polar surface area (TPSA) is 73.3 Å². The van der Waals surface area contributed by atoms with Gasteiger partial charge in [0.1, 0.15) is 11.4 Å². The van der Waals surface area contributed by atoms with Gasteiger partial charge in [-0.2, -0.15) is 0 Å². The summed E-state index contributed by atoms with van der Waals surface area (Å²) >= 11 is 0. The summed E-state index contributed by atoms with van der Waals surface area (Å²) in [6, 6.07) is 7.29. The maximum absolute atomic E-state index is 12.1. The van der Waals surface area contributed by atoms with Crippen LogP contribution >= 0.6 is 0 Å². The van der Waals surface area contributed by atoms with Crippen molar-refractivity contribution in [2.24, 2.45) is 5.92 Å². The zero-order valence-electron chi connectivity index (χ0n) is 13.0. The average molecular weight is 313 g/mol. The summed E-state index contributed by atoms with van der Waals surface area (Å²) in [6.45, 7) is 4.07. The van der Waals surface area contributed by atoms with Crippen LogP contribution in [0.2, 0.25) is 0 Å². The quantitative estimate of drug-likeness (QED) is 0.918. The summed E-state index contributed by atoms with van der Waals surface area (Å²) in [6.07, 6.45) is 4.08. The number of nitrogens with one attached hydrogen (secondary N) is 1. The molecule has 0 saturated carbocycles. The van der Waals surface area contributed by atoms with E-state index in [-0.39, 0.29) is 11.6 Å². The SMILES string of the molecule is Cc1cnc(C(=O)Nc2ccc(OCC3CCOC3)cc2)cn1. The molecule has 2 heterocycles. The van der Waals surface area contributed by atoms with Gasteiger partial charge in [0.15, 0.2) is 0 Å². The molecule has 1 unspecified atom stereocenters. The Balaban J connectivity index is 1.54. The molecule has 1 fully saturated rings. The molecule has 0 bridgehead atoms. The van der Waals surface area contributed by atoms with Gasteiger partial charge in [-0.05, 0) is 37.6 Å². The first-order valence-electron chi connectivity index (χ1n) is 7.61. The summed E-state index contributed by atoms with van der Waals surface area (Å²) in [4.78, 5) is 20.2. The molecule has 0 radical (unpaired) electrons. The van der Waals surface area contributed by atoms with Crippen LogP contribution in [-0.2, 0) is 4.74 Å². The van der Waals surface area contributed by atoms with E-state index in [1.165, 1.54) is 6.20 Å². The second-order valence-corrected chi connectivity index (χ2v) is 5.56. The largest absolute Gasteiger partial charge is 0.493 e. The minimum atomic E-state index is -0.283. The maximum Gasteiger partial charge on any atom is 0.275 e. The van der Waals surface area contributed by atoms with Crippen molar-refractivity contribution in [3.63, 3.8) is 0 Å². The van der Waals surface area contributed by atoms with Gasteiger partial charge in [0.25, 0.3) is 5.91 Å². The molecule has 1 aliphatic heterocycles. The molecule has 6 heteroatoms. The van der Waals surface area contributed by atoms with E-state index in [1.54, 1.807) is 18.3 Å². The molecule has 0 spiro atoms. The molecule has 1 atom stereocenters. The molecule has 120 valence electrons. The van der Waals surface area contributed by atoms with Crippen LogP contribution in [0.25, 0.3) is 0 Å². The number of anilines is 1. The first kappa shape index (κ1) is 15.4. The summed E-state index contributed by atoms with van der Waals surface area (Å²) in [5, 5.41) is 2.79. The van der Waals surface area contributed by atoms with Crippen molar-refractivity contribution in [1.29, 1.82) is 0 Å².